The molecule has 3 N–H and O–H groups in total. The Morgan fingerprint density at radius 1 is 1.29 bits per heavy atom. The van der Waals surface area contributed by atoms with Gasteiger partial charge in [-0.1, -0.05) is 18.2 Å². The van der Waals surface area contributed by atoms with Crippen molar-refractivity contribution in [1.82, 2.24) is 0 Å². The van der Waals surface area contributed by atoms with Crippen molar-refractivity contribution in [3.05, 3.63) is 57.8 Å². The van der Waals surface area contributed by atoms with Crippen LogP contribution in [-0.4, -0.2) is 8.42 Å². The molecule has 21 heavy (non-hydrogen) atoms. The Morgan fingerprint density at radius 3 is 2.62 bits per heavy atom. The zero-order chi connectivity index (χ0) is 15.6. The van der Waals surface area contributed by atoms with Crippen molar-refractivity contribution in [1.29, 1.82) is 0 Å². The van der Waals surface area contributed by atoms with Crippen LogP contribution in [0.5, 0.6) is 0 Å². The minimum absolute atomic E-state index is 0.0214. The SMILES string of the molecule is Cc1cccc(F)c1NS(=O)(=O)c1cc(CN)ccc1Br. The number of sulfonamides is 1. The number of hydrogen-bond acceptors (Lipinski definition) is 3. The fraction of sp³-hybridized carbons (Fsp3) is 0.143. The second-order valence-corrected chi connectivity index (χ2v) is 7.01. The van der Waals surface area contributed by atoms with Gasteiger partial charge in [-0.05, 0) is 52.2 Å². The van der Waals surface area contributed by atoms with Crippen molar-refractivity contribution in [2.24, 2.45) is 5.73 Å². The van der Waals surface area contributed by atoms with E-state index in [9.17, 15) is 12.8 Å². The van der Waals surface area contributed by atoms with Crippen LogP contribution in [0.4, 0.5) is 10.1 Å². The van der Waals surface area contributed by atoms with Crippen molar-refractivity contribution in [3.63, 3.8) is 0 Å². The van der Waals surface area contributed by atoms with Gasteiger partial charge in [0.2, 0.25) is 0 Å². The molecular formula is C14H14BrFN2O2S. The fourth-order valence-electron chi connectivity index (χ4n) is 1.83. The summed E-state index contributed by atoms with van der Waals surface area (Å²) in [7, 11) is -3.91. The first-order chi connectivity index (χ1) is 9.85. The van der Waals surface area contributed by atoms with Gasteiger partial charge >= 0.3 is 0 Å². The molecule has 112 valence electrons. The predicted octanol–water partition coefficient (Wildman–Crippen LogP) is 3.16. The molecule has 0 saturated carbocycles. The topological polar surface area (TPSA) is 72.2 Å². The van der Waals surface area contributed by atoms with Crippen molar-refractivity contribution in [2.75, 3.05) is 4.72 Å². The summed E-state index contributed by atoms with van der Waals surface area (Å²) in [6.07, 6.45) is 0. The minimum atomic E-state index is -3.91. The molecule has 0 aliphatic rings. The highest BCUT2D eigenvalue weighted by molar-refractivity contribution is 9.10. The van der Waals surface area contributed by atoms with E-state index in [0.717, 1.165) is 0 Å². The number of benzene rings is 2. The van der Waals surface area contributed by atoms with Crippen molar-refractivity contribution in [2.45, 2.75) is 18.4 Å². The molecule has 7 heteroatoms. The molecule has 0 fully saturated rings. The third-order valence-electron chi connectivity index (χ3n) is 2.98. The summed E-state index contributed by atoms with van der Waals surface area (Å²) in [6.45, 7) is 1.85. The molecule has 0 spiro atoms. The van der Waals surface area contributed by atoms with E-state index in [-0.39, 0.29) is 17.1 Å². The first-order valence-electron chi connectivity index (χ1n) is 6.11. The molecular weight excluding hydrogens is 359 g/mol. The molecule has 0 aromatic heterocycles. The lowest BCUT2D eigenvalue weighted by molar-refractivity contribution is 0.597. The molecule has 2 aromatic carbocycles. The van der Waals surface area contributed by atoms with E-state index in [2.05, 4.69) is 20.7 Å². The standard InChI is InChI=1S/C14H14BrFN2O2S/c1-9-3-2-4-12(16)14(9)18-21(19,20)13-7-10(8-17)5-6-11(13)15/h2-7,18H,8,17H2,1H3. The van der Waals surface area contributed by atoms with Gasteiger partial charge in [0.1, 0.15) is 10.7 Å². The first-order valence-corrected chi connectivity index (χ1v) is 8.39. The Bertz CT molecular complexity index is 758. The maximum Gasteiger partial charge on any atom is 0.263 e. The maximum atomic E-state index is 13.8. The molecule has 2 aromatic rings. The summed E-state index contributed by atoms with van der Waals surface area (Å²) in [5.41, 5.74) is 6.64. The monoisotopic (exact) mass is 372 g/mol. The Labute approximate surface area is 131 Å². The Balaban J connectivity index is 2.48. The lowest BCUT2D eigenvalue weighted by Crippen LogP contribution is -2.16. The second-order valence-electron chi connectivity index (χ2n) is 4.51. The van der Waals surface area contributed by atoms with Crippen LogP contribution >= 0.6 is 15.9 Å². The molecule has 0 radical (unpaired) electrons. The normalized spacial score (nSPS) is 11.4. The van der Waals surface area contributed by atoms with E-state index in [1.54, 1.807) is 25.1 Å². The molecule has 4 nitrogen and oxygen atoms in total. The molecule has 0 atom stereocenters. The summed E-state index contributed by atoms with van der Waals surface area (Å²) < 4.78 is 41.4. The number of nitrogens with one attached hydrogen (secondary N) is 1. The van der Waals surface area contributed by atoms with Crippen LogP contribution < -0.4 is 10.5 Å². The van der Waals surface area contributed by atoms with Crippen LogP contribution in [0.1, 0.15) is 11.1 Å². The van der Waals surface area contributed by atoms with Crippen LogP contribution in [-0.2, 0) is 16.6 Å². The van der Waals surface area contributed by atoms with Crippen LogP contribution in [0.2, 0.25) is 0 Å². The van der Waals surface area contributed by atoms with Gasteiger partial charge in [0.25, 0.3) is 10.0 Å². The van der Waals surface area contributed by atoms with Crippen molar-refractivity contribution < 1.29 is 12.8 Å². The fourth-order valence-corrected chi connectivity index (χ4v) is 3.99. The average molecular weight is 373 g/mol. The number of anilines is 1. The van der Waals surface area contributed by atoms with Crippen LogP contribution in [0, 0.1) is 12.7 Å². The number of para-hydroxylation sites is 1. The molecule has 0 aliphatic carbocycles. The van der Waals surface area contributed by atoms with E-state index in [1.165, 1.54) is 18.2 Å². The van der Waals surface area contributed by atoms with E-state index in [0.29, 0.717) is 15.6 Å². The summed E-state index contributed by atoms with van der Waals surface area (Å²) in [5.74, 6) is -0.621. The number of halogens is 2. The van der Waals surface area contributed by atoms with Gasteiger partial charge in [-0.15, -0.1) is 0 Å². The average Bonchev–Trinajstić information content (AvgIpc) is 2.43. The Kier molecular flexibility index (Phi) is 4.65. The molecule has 2 rings (SSSR count). The molecule has 0 unspecified atom stereocenters. The van der Waals surface area contributed by atoms with Gasteiger partial charge in [0, 0.05) is 11.0 Å². The van der Waals surface area contributed by atoms with E-state index in [4.69, 9.17) is 5.73 Å². The lowest BCUT2D eigenvalue weighted by Gasteiger charge is -2.13. The number of nitrogens with two attached hydrogens (primary N) is 1. The van der Waals surface area contributed by atoms with Crippen molar-refractivity contribution >= 4 is 31.6 Å². The largest absolute Gasteiger partial charge is 0.326 e. The van der Waals surface area contributed by atoms with Crippen LogP contribution in [0.3, 0.4) is 0 Å². The quantitative estimate of drug-likeness (QED) is 0.865. The van der Waals surface area contributed by atoms with Crippen LogP contribution in [0.15, 0.2) is 45.8 Å². The lowest BCUT2D eigenvalue weighted by atomic mass is 10.2. The summed E-state index contributed by atoms with van der Waals surface area (Å²) in [4.78, 5) is 0.0214. The zero-order valence-electron chi connectivity index (χ0n) is 11.2. The van der Waals surface area contributed by atoms with E-state index in [1.807, 2.05) is 0 Å². The maximum absolute atomic E-state index is 13.8. The van der Waals surface area contributed by atoms with Gasteiger partial charge in [0.15, 0.2) is 0 Å². The van der Waals surface area contributed by atoms with E-state index >= 15 is 0 Å². The van der Waals surface area contributed by atoms with Crippen LogP contribution in [0.25, 0.3) is 0 Å². The predicted molar refractivity (Wildman–Crippen MR) is 84.0 cm³/mol. The first kappa shape index (κ1) is 15.9. The summed E-state index contributed by atoms with van der Waals surface area (Å²) in [5, 5.41) is 0. The third-order valence-corrected chi connectivity index (χ3v) is 5.32. The van der Waals surface area contributed by atoms with Gasteiger partial charge in [-0.3, -0.25) is 4.72 Å². The third kappa shape index (κ3) is 3.42. The molecule has 0 saturated heterocycles. The Hall–Kier alpha value is -1.44. The highest BCUT2D eigenvalue weighted by atomic mass is 79.9. The highest BCUT2D eigenvalue weighted by Gasteiger charge is 2.20. The number of rotatable bonds is 4. The Morgan fingerprint density at radius 2 is 2.00 bits per heavy atom. The minimum Gasteiger partial charge on any atom is -0.326 e. The smallest absolute Gasteiger partial charge is 0.263 e. The zero-order valence-corrected chi connectivity index (χ0v) is 13.6. The molecule has 0 aliphatic heterocycles. The number of hydrogen-bond donors (Lipinski definition) is 2. The second kappa shape index (κ2) is 6.13. The summed E-state index contributed by atoms with van der Waals surface area (Å²) in [6, 6.07) is 9.14. The molecule has 0 heterocycles. The van der Waals surface area contributed by atoms with Gasteiger partial charge in [-0.25, -0.2) is 12.8 Å². The summed E-state index contributed by atoms with van der Waals surface area (Å²) >= 11 is 3.19. The van der Waals surface area contributed by atoms with Gasteiger partial charge < -0.3 is 5.73 Å². The highest BCUT2D eigenvalue weighted by Crippen LogP contribution is 2.27. The van der Waals surface area contributed by atoms with Gasteiger partial charge in [0.05, 0.1) is 5.69 Å². The number of aryl methyl sites for hydroxylation is 1. The van der Waals surface area contributed by atoms with Crippen molar-refractivity contribution in [3.8, 4) is 0 Å². The van der Waals surface area contributed by atoms with E-state index < -0.39 is 15.8 Å². The molecule has 0 bridgehead atoms. The van der Waals surface area contributed by atoms with Gasteiger partial charge in [-0.2, -0.15) is 0 Å². The molecule has 0 amide bonds.